The van der Waals surface area contributed by atoms with Crippen LogP contribution in [0.4, 0.5) is 10.7 Å². The lowest BCUT2D eigenvalue weighted by Gasteiger charge is -2.42. The number of carbonyl (C=O) groups excluding carboxylic acids is 2. The van der Waals surface area contributed by atoms with E-state index in [0.29, 0.717) is 22.5 Å². The van der Waals surface area contributed by atoms with Gasteiger partial charge >= 0.3 is 5.97 Å². The van der Waals surface area contributed by atoms with Crippen molar-refractivity contribution in [1.29, 1.82) is 0 Å². The molecule has 8 nitrogen and oxygen atoms in total. The Morgan fingerprint density at radius 1 is 1.23 bits per heavy atom. The highest BCUT2D eigenvalue weighted by Crippen LogP contribution is 2.45. The summed E-state index contributed by atoms with van der Waals surface area (Å²) < 4.78 is 5.30. The van der Waals surface area contributed by atoms with Crippen molar-refractivity contribution in [2.24, 2.45) is 0 Å². The Kier molecular flexibility index (Phi) is 6.20. The Bertz CT molecular complexity index is 1020. The number of hydrogen-bond donors (Lipinski definition) is 2. The standard InChI is InChI=1S/C22H27N3O5S/c1-6-30-20(27)17-15-12-21(2,3)24-22(4,5)18(15)31-19(17)23-16(26)11-13-7-9-14(10-8-13)25(28)29/h7-10,24H,6,11-12H2,1-5H3,(H,23,26). The van der Waals surface area contributed by atoms with Crippen LogP contribution in [0.25, 0.3) is 0 Å². The van der Waals surface area contributed by atoms with Crippen molar-refractivity contribution in [3.63, 3.8) is 0 Å². The van der Waals surface area contributed by atoms with Gasteiger partial charge in [0.2, 0.25) is 5.91 Å². The van der Waals surface area contributed by atoms with E-state index in [1.165, 1.54) is 23.5 Å². The normalized spacial score (nSPS) is 16.3. The number of benzene rings is 1. The number of esters is 1. The number of amides is 1. The average Bonchev–Trinajstić information content (AvgIpc) is 2.99. The number of nitro groups is 1. The third kappa shape index (κ3) is 4.94. The molecule has 2 heterocycles. The minimum Gasteiger partial charge on any atom is -0.462 e. The Morgan fingerprint density at radius 2 is 1.87 bits per heavy atom. The molecule has 0 saturated heterocycles. The Balaban J connectivity index is 1.91. The molecular formula is C22H27N3O5S. The van der Waals surface area contributed by atoms with Gasteiger partial charge in [0, 0.05) is 28.1 Å². The summed E-state index contributed by atoms with van der Waals surface area (Å²) in [4.78, 5) is 36.9. The zero-order chi connectivity index (χ0) is 23.0. The number of carbonyl (C=O) groups is 2. The largest absolute Gasteiger partial charge is 0.462 e. The zero-order valence-corrected chi connectivity index (χ0v) is 19.1. The fourth-order valence-electron chi connectivity index (χ4n) is 4.13. The predicted octanol–water partition coefficient (Wildman–Crippen LogP) is 4.17. The van der Waals surface area contributed by atoms with Crippen molar-refractivity contribution in [3.05, 3.63) is 55.9 Å². The molecule has 0 atom stereocenters. The number of nitrogens with zero attached hydrogens (tertiary/aromatic N) is 1. The second kappa shape index (κ2) is 8.39. The average molecular weight is 446 g/mol. The number of ether oxygens (including phenoxy) is 1. The van der Waals surface area contributed by atoms with Crippen molar-refractivity contribution in [2.75, 3.05) is 11.9 Å². The van der Waals surface area contributed by atoms with Gasteiger partial charge in [0.15, 0.2) is 0 Å². The molecule has 9 heteroatoms. The first-order valence-corrected chi connectivity index (χ1v) is 10.9. The second-order valence-electron chi connectivity index (χ2n) is 8.79. The van der Waals surface area contributed by atoms with Crippen LogP contribution in [0.5, 0.6) is 0 Å². The Labute approximate surface area is 185 Å². The van der Waals surface area contributed by atoms with E-state index < -0.39 is 10.9 Å². The van der Waals surface area contributed by atoms with Crippen LogP contribution >= 0.6 is 11.3 Å². The maximum Gasteiger partial charge on any atom is 0.341 e. The van der Waals surface area contributed by atoms with E-state index in [1.807, 2.05) is 0 Å². The van der Waals surface area contributed by atoms with Crippen LogP contribution < -0.4 is 10.6 Å². The van der Waals surface area contributed by atoms with E-state index in [9.17, 15) is 19.7 Å². The van der Waals surface area contributed by atoms with Gasteiger partial charge in [-0.2, -0.15) is 0 Å². The summed E-state index contributed by atoms with van der Waals surface area (Å²) in [5.74, 6) is -0.748. The Hall–Kier alpha value is -2.78. The van der Waals surface area contributed by atoms with Crippen LogP contribution in [-0.2, 0) is 27.9 Å². The fraction of sp³-hybridized carbons (Fsp3) is 0.455. The quantitative estimate of drug-likeness (QED) is 0.392. The number of non-ortho nitro benzene ring substituents is 1. The van der Waals surface area contributed by atoms with Crippen LogP contribution in [0, 0.1) is 10.1 Å². The van der Waals surface area contributed by atoms with E-state index in [1.54, 1.807) is 19.1 Å². The van der Waals surface area contributed by atoms with E-state index >= 15 is 0 Å². The maximum atomic E-state index is 12.8. The van der Waals surface area contributed by atoms with Gasteiger partial charge in [-0.05, 0) is 52.2 Å². The van der Waals surface area contributed by atoms with Crippen LogP contribution in [0.1, 0.15) is 61.0 Å². The van der Waals surface area contributed by atoms with Crippen LogP contribution in [0.2, 0.25) is 0 Å². The van der Waals surface area contributed by atoms with Gasteiger partial charge in [-0.25, -0.2) is 4.79 Å². The van der Waals surface area contributed by atoms with Gasteiger partial charge in [-0.1, -0.05) is 12.1 Å². The highest BCUT2D eigenvalue weighted by molar-refractivity contribution is 7.17. The van der Waals surface area contributed by atoms with Crippen molar-refractivity contribution < 1.29 is 19.2 Å². The molecule has 1 aliphatic rings. The molecule has 1 aliphatic heterocycles. The topological polar surface area (TPSA) is 111 Å². The summed E-state index contributed by atoms with van der Waals surface area (Å²) in [5, 5.41) is 17.8. The number of rotatable bonds is 6. The minimum atomic E-state index is -0.483. The monoisotopic (exact) mass is 445 g/mol. The number of nitrogens with one attached hydrogen (secondary N) is 2. The third-order valence-corrected chi connectivity index (χ3v) is 6.56. The molecule has 2 aromatic rings. The molecule has 1 aromatic carbocycles. The van der Waals surface area contributed by atoms with E-state index in [2.05, 4.69) is 38.3 Å². The third-order valence-electron chi connectivity index (χ3n) is 5.09. The number of thiophene rings is 1. The van der Waals surface area contributed by atoms with Crippen molar-refractivity contribution in [1.82, 2.24) is 5.32 Å². The van der Waals surface area contributed by atoms with Crippen LogP contribution in [0.15, 0.2) is 24.3 Å². The van der Waals surface area contributed by atoms with Crippen LogP contribution in [-0.4, -0.2) is 28.9 Å². The summed E-state index contributed by atoms with van der Waals surface area (Å²) in [6.45, 7) is 10.3. The van der Waals surface area contributed by atoms with Crippen LogP contribution in [0.3, 0.4) is 0 Å². The highest BCUT2D eigenvalue weighted by atomic mass is 32.1. The highest BCUT2D eigenvalue weighted by Gasteiger charge is 2.42. The summed E-state index contributed by atoms with van der Waals surface area (Å²) in [5.41, 5.74) is 1.34. The smallest absolute Gasteiger partial charge is 0.341 e. The SMILES string of the molecule is CCOC(=O)c1c(NC(=O)Cc2ccc([N+](=O)[O-])cc2)sc2c1CC(C)(C)NC2(C)C. The molecule has 0 saturated carbocycles. The number of nitro benzene ring substituents is 1. The molecule has 0 radical (unpaired) electrons. The molecule has 0 bridgehead atoms. The maximum absolute atomic E-state index is 12.8. The fourth-order valence-corrected chi connectivity index (χ4v) is 5.41. The Morgan fingerprint density at radius 3 is 2.45 bits per heavy atom. The molecular weight excluding hydrogens is 418 g/mol. The summed E-state index contributed by atoms with van der Waals surface area (Å²) in [7, 11) is 0. The lowest BCUT2D eigenvalue weighted by Crippen LogP contribution is -2.55. The molecule has 0 fully saturated rings. The van der Waals surface area contributed by atoms with E-state index in [-0.39, 0.29) is 35.7 Å². The number of hydrogen-bond acceptors (Lipinski definition) is 7. The zero-order valence-electron chi connectivity index (χ0n) is 18.3. The summed E-state index contributed by atoms with van der Waals surface area (Å²) in [6.07, 6.45) is 0.671. The van der Waals surface area contributed by atoms with Gasteiger partial charge in [0.05, 0.1) is 23.5 Å². The summed E-state index contributed by atoms with van der Waals surface area (Å²) >= 11 is 1.38. The van der Waals surface area contributed by atoms with E-state index in [4.69, 9.17) is 4.74 Å². The van der Waals surface area contributed by atoms with Gasteiger partial charge < -0.3 is 15.4 Å². The molecule has 0 unspecified atom stereocenters. The summed E-state index contributed by atoms with van der Waals surface area (Å²) in [6, 6.07) is 5.84. The first kappa shape index (κ1) is 22.9. The minimum absolute atomic E-state index is 0.0305. The molecule has 166 valence electrons. The van der Waals surface area contributed by atoms with Gasteiger partial charge in [-0.3, -0.25) is 14.9 Å². The lowest BCUT2D eigenvalue weighted by atomic mass is 9.81. The number of fused-ring (bicyclic) bond motifs is 1. The molecule has 3 rings (SSSR count). The van der Waals surface area contributed by atoms with Crippen molar-refractivity contribution >= 4 is 33.9 Å². The van der Waals surface area contributed by atoms with Crippen molar-refractivity contribution in [3.8, 4) is 0 Å². The first-order valence-electron chi connectivity index (χ1n) is 10.1. The second-order valence-corrected chi connectivity index (χ2v) is 9.81. The first-order chi connectivity index (χ1) is 14.4. The molecule has 2 N–H and O–H groups in total. The molecule has 0 spiro atoms. The molecule has 1 aromatic heterocycles. The van der Waals surface area contributed by atoms with E-state index in [0.717, 1.165) is 10.4 Å². The molecule has 1 amide bonds. The number of anilines is 1. The lowest BCUT2D eigenvalue weighted by molar-refractivity contribution is -0.384. The van der Waals surface area contributed by atoms with Gasteiger partial charge in [0.1, 0.15) is 5.00 Å². The van der Waals surface area contributed by atoms with Crippen molar-refractivity contribution in [2.45, 2.75) is 58.5 Å². The van der Waals surface area contributed by atoms with Gasteiger partial charge in [0.25, 0.3) is 5.69 Å². The molecule has 31 heavy (non-hydrogen) atoms. The van der Waals surface area contributed by atoms with Gasteiger partial charge in [-0.15, -0.1) is 11.3 Å². The molecule has 0 aliphatic carbocycles. The predicted molar refractivity (Wildman–Crippen MR) is 120 cm³/mol.